The van der Waals surface area contributed by atoms with Gasteiger partial charge >= 0.3 is 0 Å². The number of hydrogen-bond donors (Lipinski definition) is 1. The van der Waals surface area contributed by atoms with Gasteiger partial charge in [0, 0.05) is 37.3 Å². The highest BCUT2D eigenvalue weighted by Crippen LogP contribution is 2.31. The molecular formula is C12H16N4. The molecular weight excluding hydrogens is 200 g/mol. The molecule has 2 N–H and O–H groups in total. The molecule has 2 heterocycles. The lowest BCUT2D eigenvalue weighted by molar-refractivity contribution is 0.521. The number of benzene rings is 1. The monoisotopic (exact) mass is 216 g/mol. The second kappa shape index (κ2) is 3.22. The molecule has 4 heteroatoms. The SMILES string of the molecule is Cc1nn(C)c2cccc(N3CC(N)C3)c12. The lowest BCUT2D eigenvalue weighted by Crippen LogP contribution is -2.55. The van der Waals surface area contributed by atoms with Crippen molar-refractivity contribution < 1.29 is 0 Å². The Kier molecular flexibility index (Phi) is 1.94. The molecule has 1 saturated heterocycles. The number of hydrogen-bond acceptors (Lipinski definition) is 3. The first-order valence-corrected chi connectivity index (χ1v) is 5.59. The summed E-state index contributed by atoms with van der Waals surface area (Å²) >= 11 is 0. The summed E-state index contributed by atoms with van der Waals surface area (Å²) in [6.07, 6.45) is 0. The first-order valence-electron chi connectivity index (χ1n) is 5.59. The lowest BCUT2D eigenvalue weighted by atomic mass is 10.1. The number of anilines is 1. The average Bonchev–Trinajstić information content (AvgIpc) is 2.51. The van der Waals surface area contributed by atoms with E-state index in [1.54, 1.807) is 0 Å². The van der Waals surface area contributed by atoms with Gasteiger partial charge in [-0.3, -0.25) is 4.68 Å². The molecule has 1 aliphatic heterocycles. The van der Waals surface area contributed by atoms with Crippen LogP contribution in [0.15, 0.2) is 18.2 Å². The summed E-state index contributed by atoms with van der Waals surface area (Å²) in [6.45, 7) is 3.96. The van der Waals surface area contributed by atoms with Crippen molar-refractivity contribution in [2.75, 3.05) is 18.0 Å². The van der Waals surface area contributed by atoms with E-state index in [9.17, 15) is 0 Å². The van der Waals surface area contributed by atoms with Crippen molar-refractivity contribution in [3.63, 3.8) is 0 Å². The zero-order valence-electron chi connectivity index (χ0n) is 9.64. The maximum absolute atomic E-state index is 5.83. The van der Waals surface area contributed by atoms with E-state index in [0.717, 1.165) is 18.8 Å². The zero-order chi connectivity index (χ0) is 11.3. The van der Waals surface area contributed by atoms with Crippen molar-refractivity contribution >= 4 is 16.6 Å². The third-order valence-corrected chi connectivity index (χ3v) is 3.28. The molecule has 1 aliphatic rings. The molecule has 1 aromatic heterocycles. The molecule has 0 aliphatic carbocycles. The minimum absolute atomic E-state index is 0.326. The van der Waals surface area contributed by atoms with Crippen LogP contribution in [-0.2, 0) is 7.05 Å². The number of nitrogens with zero attached hydrogens (tertiary/aromatic N) is 3. The maximum Gasteiger partial charge on any atom is 0.0702 e. The van der Waals surface area contributed by atoms with Gasteiger partial charge in [0.05, 0.1) is 11.2 Å². The van der Waals surface area contributed by atoms with E-state index in [0.29, 0.717) is 6.04 Å². The topological polar surface area (TPSA) is 47.1 Å². The van der Waals surface area contributed by atoms with Gasteiger partial charge in [-0.2, -0.15) is 5.10 Å². The van der Waals surface area contributed by atoms with Crippen LogP contribution in [0.2, 0.25) is 0 Å². The predicted octanol–water partition coefficient (Wildman–Crippen LogP) is 1.03. The van der Waals surface area contributed by atoms with Crippen molar-refractivity contribution in [3.05, 3.63) is 23.9 Å². The van der Waals surface area contributed by atoms with Gasteiger partial charge in [-0.05, 0) is 19.1 Å². The summed E-state index contributed by atoms with van der Waals surface area (Å²) in [7, 11) is 1.99. The van der Waals surface area contributed by atoms with Crippen LogP contribution >= 0.6 is 0 Å². The number of aromatic nitrogens is 2. The van der Waals surface area contributed by atoms with Crippen LogP contribution in [0.4, 0.5) is 5.69 Å². The van der Waals surface area contributed by atoms with E-state index >= 15 is 0 Å². The van der Waals surface area contributed by atoms with Crippen molar-refractivity contribution in [2.24, 2.45) is 12.8 Å². The lowest BCUT2D eigenvalue weighted by Gasteiger charge is -2.39. The fraction of sp³-hybridized carbons (Fsp3) is 0.417. The standard InChI is InChI=1S/C12H16N4/c1-8-12-10(15(2)14-8)4-3-5-11(12)16-6-9(13)7-16/h3-5,9H,6-7,13H2,1-2H3. The average molecular weight is 216 g/mol. The van der Waals surface area contributed by atoms with E-state index in [1.165, 1.54) is 16.6 Å². The molecule has 1 aromatic carbocycles. The summed E-state index contributed by atoms with van der Waals surface area (Å²) < 4.78 is 1.94. The smallest absolute Gasteiger partial charge is 0.0702 e. The van der Waals surface area contributed by atoms with Crippen LogP contribution in [0, 0.1) is 6.92 Å². The van der Waals surface area contributed by atoms with E-state index in [-0.39, 0.29) is 0 Å². The largest absolute Gasteiger partial charge is 0.368 e. The van der Waals surface area contributed by atoms with E-state index in [1.807, 2.05) is 11.7 Å². The maximum atomic E-state index is 5.83. The van der Waals surface area contributed by atoms with E-state index < -0.39 is 0 Å². The first-order chi connectivity index (χ1) is 7.66. The summed E-state index contributed by atoms with van der Waals surface area (Å²) in [6, 6.07) is 6.68. The van der Waals surface area contributed by atoms with Gasteiger partial charge in [0.25, 0.3) is 0 Å². The van der Waals surface area contributed by atoms with Gasteiger partial charge in [0.15, 0.2) is 0 Å². The molecule has 4 nitrogen and oxygen atoms in total. The minimum atomic E-state index is 0.326. The Morgan fingerprint density at radius 1 is 1.38 bits per heavy atom. The summed E-state index contributed by atoms with van der Waals surface area (Å²) in [4.78, 5) is 2.32. The Bertz CT molecular complexity index is 537. The molecule has 0 spiro atoms. The Hall–Kier alpha value is -1.55. The quantitative estimate of drug-likeness (QED) is 0.774. The van der Waals surface area contributed by atoms with Crippen LogP contribution in [0.3, 0.4) is 0 Å². The molecule has 84 valence electrons. The number of fused-ring (bicyclic) bond motifs is 1. The summed E-state index contributed by atoms with van der Waals surface area (Å²) in [5.74, 6) is 0. The van der Waals surface area contributed by atoms with Crippen LogP contribution < -0.4 is 10.6 Å². The van der Waals surface area contributed by atoms with Crippen LogP contribution in [-0.4, -0.2) is 28.9 Å². The molecule has 2 aromatic rings. The van der Waals surface area contributed by atoms with Gasteiger partial charge in [0.1, 0.15) is 0 Å². The highest BCUT2D eigenvalue weighted by Gasteiger charge is 2.25. The Morgan fingerprint density at radius 2 is 2.12 bits per heavy atom. The molecule has 0 saturated carbocycles. The zero-order valence-corrected chi connectivity index (χ0v) is 9.64. The summed E-state index contributed by atoms with van der Waals surface area (Å²) in [5.41, 5.74) is 9.38. The molecule has 3 rings (SSSR count). The van der Waals surface area contributed by atoms with Gasteiger partial charge in [-0.1, -0.05) is 6.07 Å². The number of aryl methyl sites for hydroxylation is 2. The Labute approximate surface area is 94.6 Å². The van der Waals surface area contributed by atoms with Crippen LogP contribution in [0.25, 0.3) is 10.9 Å². The fourth-order valence-electron chi connectivity index (χ4n) is 2.47. The molecule has 0 amide bonds. The molecule has 1 fully saturated rings. The molecule has 0 bridgehead atoms. The third kappa shape index (κ3) is 1.23. The van der Waals surface area contributed by atoms with Crippen molar-refractivity contribution in [3.8, 4) is 0 Å². The molecule has 0 atom stereocenters. The normalized spacial score (nSPS) is 16.8. The van der Waals surface area contributed by atoms with Gasteiger partial charge in [-0.25, -0.2) is 0 Å². The van der Waals surface area contributed by atoms with Crippen molar-refractivity contribution in [1.29, 1.82) is 0 Å². The molecule has 0 radical (unpaired) electrons. The van der Waals surface area contributed by atoms with Gasteiger partial charge in [0.2, 0.25) is 0 Å². The van der Waals surface area contributed by atoms with Crippen LogP contribution in [0.1, 0.15) is 5.69 Å². The second-order valence-corrected chi connectivity index (χ2v) is 4.55. The molecule has 16 heavy (non-hydrogen) atoms. The summed E-state index contributed by atoms with van der Waals surface area (Å²) in [5, 5.41) is 5.73. The third-order valence-electron chi connectivity index (χ3n) is 3.28. The van der Waals surface area contributed by atoms with Crippen molar-refractivity contribution in [2.45, 2.75) is 13.0 Å². The molecule has 0 unspecified atom stereocenters. The predicted molar refractivity (Wildman–Crippen MR) is 65.6 cm³/mol. The van der Waals surface area contributed by atoms with Gasteiger partial charge in [-0.15, -0.1) is 0 Å². The minimum Gasteiger partial charge on any atom is -0.368 e. The number of nitrogens with two attached hydrogens (primary N) is 1. The van der Waals surface area contributed by atoms with Crippen molar-refractivity contribution in [1.82, 2.24) is 9.78 Å². The van der Waals surface area contributed by atoms with E-state index in [2.05, 4.69) is 35.1 Å². The van der Waals surface area contributed by atoms with Gasteiger partial charge < -0.3 is 10.6 Å². The highest BCUT2D eigenvalue weighted by molar-refractivity contribution is 5.94. The highest BCUT2D eigenvalue weighted by atomic mass is 15.3. The Morgan fingerprint density at radius 3 is 2.81 bits per heavy atom. The first kappa shape index (κ1) is 9.66. The fourth-order valence-corrected chi connectivity index (χ4v) is 2.47. The Balaban J connectivity index is 2.17. The van der Waals surface area contributed by atoms with E-state index in [4.69, 9.17) is 5.73 Å². The number of rotatable bonds is 1. The van der Waals surface area contributed by atoms with Crippen LogP contribution in [0.5, 0.6) is 0 Å². The second-order valence-electron chi connectivity index (χ2n) is 4.55.